The number of primary amides is 1. The fourth-order valence-corrected chi connectivity index (χ4v) is 1.34. The Labute approximate surface area is 108 Å². The van der Waals surface area contributed by atoms with Gasteiger partial charge in [-0.3, -0.25) is 19.7 Å². The molecule has 0 spiro atoms. The van der Waals surface area contributed by atoms with E-state index in [2.05, 4.69) is 5.32 Å². The Morgan fingerprint density at radius 1 is 1.47 bits per heavy atom. The van der Waals surface area contributed by atoms with E-state index in [-0.39, 0.29) is 18.7 Å². The van der Waals surface area contributed by atoms with Crippen LogP contribution in [0, 0.1) is 10.1 Å². The van der Waals surface area contributed by atoms with Crippen LogP contribution in [0.25, 0.3) is 0 Å². The van der Waals surface area contributed by atoms with Gasteiger partial charge in [-0.15, -0.1) is 0 Å². The van der Waals surface area contributed by atoms with Gasteiger partial charge < -0.3 is 16.2 Å². The van der Waals surface area contributed by atoms with Crippen LogP contribution >= 0.6 is 0 Å². The molecule has 102 valence electrons. The largest absolute Gasteiger partial charge is 0.381 e. The van der Waals surface area contributed by atoms with Crippen molar-refractivity contribution >= 4 is 17.5 Å². The third kappa shape index (κ3) is 4.72. The average molecular weight is 267 g/mol. The van der Waals surface area contributed by atoms with E-state index in [1.54, 1.807) is 6.07 Å². The van der Waals surface area contributed by atoms with Gasteiger partial charge in [-0.1, -0.05) is 12.1 Å². The zero-order valence-electron chi connectivity index (χ0n) is 9.91. The summed E-state index contributed by atoms with van der Waals surface area (Å²) < 4.78 is 0. The summed E-state index contributed by atoms with van der Waals surface area (Å²) in [5, 5.41) is 21.9. The molecule has 0 heterocycles. The maximum absolute atomic E-state index is 11.5. The molecule has 1 unspecified atom stereocenters. The second kappa shape index (κ2) is 6.45. The molecule has 8 heteroatoms. The number of hydrogen-bond acceptors (Lipinski definition) is 5. The van der Waals surface area contributed by atoms with E-state index >= 15 is 0 Å². The number of carbonyl (C=O) groups excluding carboxylic acids is 2. The molecule has 1 aromatic carbocycles. The zero-order chi connectivity index (χ0) is 14.4. The summed E-state index contributed by atoms with van der Waals surface area (Å²) in [5.74, 6) is -1.41. The van der Waals surface area contributed by atoms with Crippen molar-refractivity contribution in [3.05, 3.63) is 39.9 Å². The van der Waals surface area contributed by atoms with Crippen molar-refractivity contribution in [1.29, 1.82) is 0 Å². The topological polar surface area (TPSA) is 136 Å². The van der Waals surface area contributed by atoms with Gasteiger partial charge >= 0.3 is 0 Å². The highest BCUT2D eigenvalue weighted by Gasteiger charge is 2.13. The summed E-state index contributed by atoms with van der Waals surface area (Å²) in [6.45, 7) is -0.289. The van der Waals surface area contributed by atoms with Gasteiger partial charge in [0.25, 0.3) is 5.69 Å². The monoisotopic (exact) mass is 267 g/mol. The molecular formula is C11H13N3O5. The quantitative estimate of drug-likeness (QED) is 0.453. The minimum atomic E-state index is -1.45. The Hall–Kier alpha value is -2.48. The molecule has 1 atom stereocenters. The van der Waals surface area contributed by atoms with E-state index in [9.17, 15) is 19.7 Å². The predicted octanol–water partition coefficient (Wildman–Crippen LogP) is -0.900. The number of benzene rings is 1. The van der Waals surface area contributed by atoms with Gasteiger partial charge in [0.15, 0.2) is 0 Å². The smallest absolute Gasteiger partial charge is 0.269 e. The van der Waals surface area contributed by atoms with Crippen LogP contribution in [-0.2, 0) is 16.0 Å². The third-order valence-electron chi connectivity index (χ3n) is 2.31. The fourth-order valence-electron chi connectivity index (χ4n) is 1.34. The van der Waals surface area contributed by atoms with Gasteiger partial charge in [-0.2, -0.15) is 0 Å². The summed E-state index contributed by atoms with van der Waals surface area (Å²) in [5.41, 5.74) is 5.16. The number of non-ortho nitro benzene ring substituents is 1. The number of nitro groups is 1. The predicted molar refractivity (Wildman–Crippen MR) is 65.0 cm³/mol. The lowest BCUT2D eigenvalue weighted by atomic mass is 10.1. The van der Waals surface area contributed by atoms with Gasteiger partial charge in [0.05, 0.1) is 17.9 Å². The SMILES string of the molecule is NC(=O)C(O)CNC(=O)Cc1cccc([N+](=O)[O-])c1. The normalized spacial score (nSPS) is 11.6. The summed E-state index contributed by atoms with van der Waals surface area (Å²) in [7, 11) is 0. The van der Waals surface area contributed by atoms with Gasteiger partial charge in [0.2, 0.25) is 11.8 Å². The van der Waals surface area contributed by atoms with Crippen LogP contribution in [0.3, 0.4) is 0 Å². The van der Waals surface area contributed by atoms with Crippen molar-refractivity contribution in [3.8, 4) is 0 Å². The number of nitrogens with one attached hydrogen (secondary N) is 1. The van der Waals surface area contributed by atoms with Crippen LogP contribution < -0.4 is 11.1 Å². The first-order valence-corrected chi connectivity index (χ1v) is 5.37. The second-order valence-corrected chi connectivity index (χ2v) is 3.83. The molecule has 1 rings (SSSR count). The molecule has 1 aromatic rings. The maximum atomic E-state index is 11.5. The van der Waals surface area contributed by atoms with Crippen molar-refractivity contribution in [2.24, 2.45) is 5.73 Å². The number of hydrogen-bond donors (Lipinski definition) is 3. The van der Waals surface area contributed by atoms with Gasteiger partial charge in [-0.25, -0.2) is 0 Å². The number of amides is 2. The molecular weight excluding hydrogens is 254 g/mol. The van der Waals surface area contributed by atoms with Crippen LogP contribution in [0.15, 0.2) is 24.3 Å². The molecule has 0 bridgehead atoms. The van der Waals surface area contributed by atoms with Crippen molar-refractivity contribution in [2.75, 3.05) is 6.54 Å². The Kier molecular flexibility index (Phi) is 4.95. The lowest BCUT2D eigenvalue weighted by Gasteiger charge is -2.08. The number of aliphatic hydroxyl groups excluding tert-OH is 1. The summed E-state index contributed by atoms with van der Waals surface area (Å²) in [4.78, 5) is 32.0. The number of nitro benzene ring substituents is 1. The molecule has 19 heavy (non-hydrogen) atoms. The van der Waals surface area contributed by atoms with E-state index in [1.165, 1.54) is 18.2 Å². The Morgan fingerprint density at radius 2 is 2.16 bits per heavy atom. The van der Waals surface area contributed by atoms with Gasteiger partial charge in [0.1, 0.15) is 6.10 Å². The second-order valence-electron chi connectivity index (χ2n) is 3.83. The standard InChI is InChI=1S/C11H13N3O5/c12-11(17)9(15)6-13-10(16)5-7-2-1-3-8(4-7)14(18)19/h1-4,9,15H,5-6H2,(H2,12,17)(H,13,16). The Balaban J connectivity index is 2.55. The van der Waals surface area contributed by atoms with Crippen molar-refractivity contribution in [3.63, 3.8) is 0 Å². The average Bonchev–Trinajstić information content (AvgIpc) is 2.36. The Bertz CT molecular complexity index is 503. The van der Waals surface area contributed by atoms with Gasteiger partial charge in [-0.05, 0) is 5.56 Å². The molecule has 0 aromatic heterocycles. The molecule has 0 saturated carbocycles. The highest BCUT2D eigenvalue weighted by atomic mass is 16.6. The van der Waals surface area contributed by atoms with E-state index in [4.69, 9.17) is 10.8 Å². The molecule has 0 aliphatic heterocycles. The van der Waals surface area contributed by atoms with E-state index in [0.717, 1.165) is 0 Å². The van der Waals surface area contributed by atoms with E-state index < -0.39 is 22.8 Å². The highest BCUT2D eigenvalue weighted by molar-refractivity contribution is 5.82. The van der Waals surface area contributed by atoms with Crippen molar-refractivity contribution in [1.82, 2.24) is 5.32 Å². The molecule has 8 nitrogen and oxygen atoms in total. The molecule has 0 aliphatic rings. The van der Waals surface area contributed by atoms with E-state index in [0.29, 0.717) is 5.56 Å². The minimum Gasteiger partial charge on any atom is -0.381 e. The minimum absolute atomic E-state index is 0.0901. The molecule has 0 fully saturated rings. The number of aliphatic hydroxyl groups is 1. The summed E-state index contributed by atoms with van der Waals surface area (Å²) in [6, 6.07) is 5.64. The van der Waals surface area contributed by atoms with Crippen LogP contribution in [0.4, 0.5) is 5.69 Å². The molecule has 0 radical (unpaired) electrons. The number of rotatable bonds is 6. The lowest BCUT2D eigenvalue weighted by Crippen LogP contribution is -2.40. The molecule has 2 amide bonds. The fraction of sp³-hybridized carbons (Fsp3) is 0.273. The van der Waals surface area contributed by atoms with Crippen molar-refractivity contribution in [2.45, 2.75) is 12.5 Å². The highest BCUT2D eigenvalue weighted by Crippen LogP contribution is 2.13. The molecule has 0 aliphatic carbocycles. The van der Waals surface area contributed by atoms with Crippen LogP contribution in [0.1, 0.15) is 5.56 Å². The number of nitrogens with zero attached hydrogens (tertiary/aromatic N) is 1. The number of nitrogens with two attached hydrogens (primary N) is 1. The summed E-state index contributed by atoms with van der Waals surface area (Å²) >= 11 is 0. The lowest BCUT2D eigenvalue weighted by molar-refractivity contribution is -0.384. The molecule has 4 N–H and O–H groups in total. The van der Waals surface area contributed by atoms with Crippen LogP contribution in [-0.4, -0.2) is 34.5 Å². The van der Waals surface area contributed by atoms with E-state index in [1.807, 2.05) is 0 Å². The Morgan fingerprint density at radius 3 is 2.74 bits per heavy atom. The first-order chi connectivity index (χ1) is 8.90. The molecule has 0 saturated heterocycles. The van der Waals surface area contributed by atoms with Gasteiger partial charge in [0, 0.05) is 12.1 Å². The summed E-state index contributed by atoms with van der Waals surface area (Å²) in [6.07, 6.45) is -1.54. The zero-order valence-corrected chi connectivity index (χ0v) is 9.91. The first-order valence-electron chi connectivity index (χ1n) is 5.37. The van der Waals surface area contributed by atoms with Crippen molar-refractivity contribution < 1.29 is 19.6 Å². The third-order valence-corrected chi connectivity index (χ3v) is 2.31. The van der Waals surface area contributed by atoms with Crippen LogP contribution in [0.2, 0.25) is 0 Å². The number of carbonyl (C=O) groups is 2. The first kappa shape index (κ1) is 14.6. The maximum Gasteiger partial charge on any atom is 0.269 e. The van der Waals surface area contributed by atoms with Crippen LogP contribution in [0.5, 0.6) is 0 Å².